The zero-order chi connectivity index (χ0) is 14.5. The van der Waals surface area contributed by atoms with Crippen LogP contribution in [0.3, 0.4) is 0 Å². The van der Waals surface area contributed by atoms with E-state index in [4.69, 9.17) is 23.2 Å². The fraction of sp³-hybridized carbons (Fsp3) is 0.143. The van der Waals surface area contributed by atoms with Crippen molar-refractivity contribution in [3.8, 4) is 0 Å². The molecule has 0 saturated heterocycles. The summed E-state index contributed by atoms with van der Waals surface area (Å²) in [6, 6.07) is 8.18. The number of carbonyl (C=O) groups is 1. The summed E-state index contributed by atoms with van der Waals surface area (Å²) in [5.74, 6) is 0. The van der Waals surface area contributed by atoms with E-state index in [1.165, 1.54) is 0 Å². The van der Waals surface area contributed by atoms with Crippen LogP contribution in [0, 0.1) is 0 Å². The summed E-state index contributed by atoms with van der Waals surface area (Å²) in [4.78, 5) is 15.8. The molecule has 0 saturated carbocycles. The summed E-state index contributed by atoms with van der Waals surface area (Å²) in [5, 5.41) is 6.37. The number of hydrogen-bond donors (Lipinski definition) is 2. The van der Waals surface area contributed by atoms with Gasteiger partial charge in [0.1, 0.15) is 0 Å². The van der Waals surface area contributed by atoms with E-state index in [0.717, 1.165) is 5.56 Å². The van der Waals surface area contributed by atoms with Crippen molar-refractivity contribution in [2.75, 3.05) is 5.32 Å². The van der Waals surface area contributed by atoms with Gasteiger partial charge in [0.15, 0.2) is 0 Å². The second kappa shape index (κ2) is 6.59. The van der Waals surface area contributed by atoms with Crippen LogP contribution in [0.1, 0.15) is 18.5 Å². The number of pyridine rings is 1. The lowest BCUT2D eigenvalue weighted by atomic mass is 10.1. The van der Waals surface area contributed by atoms with Crippen LogP contribution < -0.4 is 10.6 Å². The maximum absolute atomic E-state index is 11.9. The third kappa shape index (κ3) is 3.85. The first-order chi connectivity index (χ1) is 9.56. The standard InChI is InChI=1S/C14H13Cl2N3O/c1-9(10-4-6-17-7-5-10)18-14(20)19-11-2-3-12(15)13(16)8-11/h2-9H,1H3,(H2,18,19,20). The second-order valence-corrected chi connectivity index (χ2v) is 5.04. The predicted octanol–water partition coefficient (Wildman–Crippen LogP) is 4.27. The van der Waals surface area contributed by atoms with Crippen molar-refractivity contribution in [3.05, 3.63) is 58.3 Å². The lowest BCUT2D eigenvalue weighted by Gasteiger charge is -2.15. The number of aromatic nitrogens is 1. The number of amides is 2. The van der Waals surface area contributed by atoms with Crippen LogP contribution in [0.25, 0.3) is 0 Å². The van der Waals surface area contributed by atoms with Crippen LogP contribution in [0.15, 0.2) is 42.7 Å². The molecule has 0 aliphatic carbocycles. The van der Waals surface area contributed by atoms with Gasteiger partial charge < -0.3 is 10.6 Å². The zero-order valence-electron chi connectivity index (χ0n) is 10.7. The number of anilines is 1. The van der Waals surface area contributed by atoms with Gasteiger partial charge in [0.2, 0.25) is 0 Å². The summed E-state index contributed by atoms with van der Waals surface area (Å²) < 4.78 is 0. The number of rotatable bonds is 3. The first-order valence-corrected chi connectivity index (χ1v) is 6.74. The van der Waals surface area contributed by atoms with E-state index in [0.29, 0.717) is 15.7 Å². The number of nitrogens with one attached hydrogen (secondary N) is 2. The lowest BCUT2D eigenvalue weighted by molar-refractivity contribution is 0.249. The van der Waals surface area contributed by atoms with Crippen LogP contribution in [0.5, 0.6) is 0 Å². The van der Waals surface area contributed by atoms with Crippen LogP contribution in [-0.4, -0.2) is 11.0 Å². The Morgan fingerprint density at radius 3 is 2.50 bits per heavy atom. The van der Waals surface area contributed by atoms with E-state index in [1.54, 1.807) is 30.6 Å². The lowest BCUT2D eigenvalue weighted by Crippen LogP contribution is -2.31. The number of urea groups is 1. The second-order valence-electron chi connectivity index (χ2n) is 4.23. The maximum atomic E-state index is 11.9. The summed E-state index contributed by atoms with van der Waals surface area (Å²) in [6.45, 7) is 1.89. The molecule has 0 fully saturated rings. The van der Waals surface area contributed by atoms with Crippen LogP contribution in [0.2, 0.25) is 10.0 Å². The number of halogens is 2. The SMILES string of the molecule is CC(NC(=O)Nc1ccc(Cl)c(Cl)c1)c1ccncc1. The molecule has 2 amide bonds. The monoisotopic (exact) mass is 309 g/mol. The molecule has 4 nitrogen and oxygen atoms in total. The quantitative estimate of drug-likeness (QED) is 0.889. The molecular formula is C14H13Cl2N3O. The Balaban J connectivity index is 1.97. The Bertz CT molecular complexity index is 605. The average Bonchev–Trinajstić information content (AvgIpc) is 2.44. The van der Waals surface area contributed by atoms with Gasteiger partial charge in [0.25, 0.3) is 0 Å². The molecule has 2 aromatic rings. The van der Waals surface area contributed by atoms with E-state index in [1.807, 2.05) is 19.1 Å². The molecule has 104 valence electrons. The highest BCUT2D eigenvalue weighted by Gasteiger charge is 2.09. The van der Waals surface area contributed by atoms with Gasteiger partial charge in [0.05, 0.1) is 16.1 Å². The van der Waals surface area contributed by atoms with Crippen molar-refractivity contribution in [1.29, 1.82) is 0 Å². The highest BCUT2D eigenvalue weighted by Crippen LogP contribution is 2.25. The van der Waals surface area contributed by atoms with Gasteiger partial charge in [-0.2, -0.15) is 0 Å². The Morgan fingerprint density at radius 1 is 1.15 bits per heavy atom. The Kier molecular flexibility index (Phi) is 4.82. The molecule has 2 N–H and O–H groups in total. The molecule has 6 heteroatoms. The summed E-state index contributed by atoms with van der Waals surface area (Å²) in [7, 11) is 0. The van der Waals surface area contributed by atoms with Crippen LogP contribution >= 0.6 is 23.2 Å². The minimum Gasteiger partial charge on any atom is -0.331 e. The van der Waals surface area contributed by atoms with Gasteiger partial charge in [-0.05, 0) is 42.8 Å². The molecule has 1 atom stereocenters. The highest BCUT2D eigenvalue weighted by atomic mass is 35.5. The topological polar surface area (TPSA) is 54.0 Å². The molecule has 2 rings (SSSR count). The van der Waals surface area contributed by atoms with Gasteiger partial charge >= 0.3 is 6.03 Å². The normalized spacial score (nSPS) is 11.8. The smallest absolute Gasteiger partial charge is 0.319 e. The maximum Gasteiger partial charge on any atom is 0.319 e. The molecule has 0 aliphatic rings. The number of benzene rings is 1. The number of carbonyl (C=O) groups excluding carboxylic acids is 1. The minimum atomic E-state index is -0.312. The first-order valence-electron chi connectivity index (χ1n) is 5.99. The average molecular weight is 310 g/mol. The number of hydrogen-bond acceptors (Lipinski definition) is 2. The highest BCUT2D eigenvalue weighted by molar-refractivity contribution is 6.42. The fourth-order valence-corrected chi connectivity index (χ4v) is 1.97. The molecule has 20 heavy (non-hydrogen) atoms. The van der Waals surface area contributed by atoms with Crippen molar-refractivity contribution in [2.24, 2.45) is 0 Å². The van der Waals surface area contributed by atoms with Gasteiger partial charge in [-0.3, -0.25) is 4.98 Å². The van der Waals surface area contributed by atoms with E-state index >= 15 is 0 Å². The van der Waals surface area contributed by atoms with Crippen molar-refractivity contribution < 1.29 is 4.79 Å². The van der Waals surface area contributed by atoms with Gasteiger partial charge in [-0.1, -0.05) is 23.2 Å². The van der Waals surface area contributed by atoms with Crippen molar-refractivity contribution in [1.82, 2.24) is 10.3 Å². The van der Waals surface area contributed by atoms with E-state index in [2.05, 4.69) is 15.6 Å². The Labute approximate surface area is 127 Å². The molecule has 1 heterocycles. The molecule has 0 radical (unpaired) electrons. The van der Waals surface area contributed by atoms with E-state index in [-0.39, 0.29) is 12.1 Å². The zero-order valence-corrected chi connectivity index (χ0v) is 12.2. The van der Waals surface area contributed by atoms with Crippen molar-refractivity contribution in [3.63, 3.8) is 0 Å². The van der Waals surface area contributed by atoms with Gasteiger partial charge in [0, 0.05) is 18.1 Å². The fourth-order valence-electron chi connectivity index (χ4n) is 1.67. The molecule has 1 aromatic carbocycles. The third-order valence-corrected chi connectivity index (χ3v) is 3.47. The van der Waals surface area contributed by atoms with Crippen LogP contribution in [-0.2, 0) is 0 Å². The molecule has 0 spiro atoms. The summed E-state index contributed by atoms with van der Waals surface area (Å²) in [5.41, 5.74) is 1.56. The van der Waals surface area contributed by atoms with E-state index in [9.17, 15) is 4.79 Å². The third-order valence-electron chi connectivity index (χ3n) is 2.73. The largest absolute Gasteiger partial charge is 0.331 e. The summed E-state index contributed by atoms with van der Waals surface area (Å²) in [6.07, 6.45) is 3.37. The molecular weight excluding hydrogens is 297 g/mol. The molecule has 1 aromatic heterocycles. The predicted molar refractivity (Wildman–Crippen MR) is 81.3 cm³/mol. The molecule has 1 unspecified atom stereocenters. The number of nitrogens with zero attached hydrogens (tertiary/aromatic N) is 1. The molecule has 0 aliphatic heterocycles. The molecule has 0 bridgehead atoms. The van der Waals surface area contributed by atoms with Gasteiger partial charge in [-0.15, -0.1) is 0 Å². The first kappa shape index (κ1) is 14.6. The Morgan fingerprint density at radius 2 is 1.85 bits per heavy atom. The summed E-state index contributed by atoms with van der Waals surface area (Å²) >= 11 is 11.7. The minimum absolute atomic E-state index is 0.124. The van der Waals surface area contributed by atoms with Crippen molar-refractivity contribution >= 4 is 34.9 Å². The van der Waals surface area contributed by atoms with Crippen LogP contribution in [0.4, 0.5) is 10.5 Å². The Hall–Kier alpha value is -1.78. The van der Waals surface area contributed by atoms with Crippen molar-refractivity contribution in [2.45, 2.75) is 13.0 Å². The van der Waals surface area contributed by atoms with E-state index < -0.39 is 0 Å². The van der Waals surface area contributed by atoms with Gasteiger partial charge in [-0.25, -0.2) is 4.79 Å².